The molecule has 1 aliphatic heterocycles. The highest BCUT2D eigenvalue weighted by molar-refractivity contribution is 5.92. The van der Waals surface area contributed by atoms with E-state index in [2.05, 4.69) is 35.3 Å². The summed E-state index contributed by atoms with van der Waals surface area (Å²) in [6.45, 7) is 3.64. The van der Waals surface area contributed by atoms with Crippen molar-refractivity contribution in [1.82, 2.24) is 25.1 Å². The van der Waals surface area contributed by atoms with E-state index in [1.54, 1.807) is 24.7 Å². The maximum absolute atomic E-state index is 12.4. The molecule has 25 heavy (non-hydrogen) atoms. The van der Waals surface area contributed by atoms with E-state index in [0.717, 1.165) is 31.7 Å². The average Bonchev–Trinajstić information content (AvgIpc) is 3.10. The smallest absolute Gasteiger partial charge is 0.243 e. The first-order valence-electron chi connectivity index (χ1n) is 8.47. The molecule has 1 fully saturated rings. The second-order valence-corrected chi connectivity index (χ2v) is 6.25. The van der Waals surface area contributed by atoms with Crippen molar-refractivity contribution in [3.63, 3.8) is 0 Å². The second kappa shape index (κ2) is 7.98. The lowest BCUT2D eigenvalue weighted by molar-refractivity contribution is -0.120. The van der Waals surface area contributed by atoms with Crippen LogP contribution in [-0.4, -0.2) is 63.2 Å². The van der Waals surface area contributed by atoms with Gasteiger partial charge in [0.2, 0.25) is 11.9 Å². The van der Waals surface area contributed by atoms with E-state index in [1.807, 2.05) is 26.1 Å². The van der Waals surface area contributed by atoms with Gasteiger partial charge < -0.3 is 4.90 Å². The summed E-state index contributed by atoms with van der Waals surface area (Å²) < 4.78 is 0. The van der Waals surface area contributed by atoms with Gasteiger partial charge in [0.25, 0.3) is 0 Å². The number of anilines is 2. The third-order valence-corrected chi connectivity index (χ3v) is 4.57. The first-order valence-corrected chi connectivity index (χ1v) is 8.47. The first kappa shape index (κ1) is 17.2. The number of nitrogens with zero attached hydrogens (tertiary/aromatic N) is 6. The molecule has 8 nitrogen and oxygen atoms in total. The number of carbonyl (C=O) groups is 1. The molecule has 0 bridgehead atoms. The van der Waals surface area contributed by atoms with E-state index < -0.39 is 0 Å². The van der Waals surface area contributed by atoms with Crippen LogP contribution >= 0.6 is 0 Å². The van der Waals surface area contributed by atoms with Crippen molar-refractivity contribution in [1.29, 1.82) is 0 Å². The van der Waals surface area contributed by atoms with Crippen LogP contribution in [0.3, 0.4) is 0 Å². The highest BCUT2D eigenvalue weighted by atomic mass is 16.2. The SMILES string of the molecule is C[C@@H](C(=O)Nc1ncccn1)N(C)C[C@@H]1CCCN1c1cccnn1. The lowest BCUT2D eigenvalue weighted by Crippen LogP contribution is -2.46. The van der Waals surface area contributed by atoms with Gasteiger partial charge in [-0.2, -0.15) is 5.10 Å². The molecule has 0 spiro atoms. The molecule has 0 unspecified atom stereocenters. The van der Waals surface area contributed by atoms with E-state index in [0.29, 0.717) is 12.0 Å². The highest BCUT2D eigenvalue weighted by Crippen LogP contribution is 2.24. The molecular weight excluding hydrogens is 318 g/mol. The molecule has 2 aromatic rings. The van der Waals surface area contributed by atoms with Crippen molar-refractivity contribution in [2.24, 2.45) is 0 Å². The van der Waals surface area contributed by atoms with Crippen LogP contribution in [-0.2, 0) is 4.79 Å². The Labute approximate surface area is 147 Å². The van der Waals surface area contributed by atoms with E-state index >= 15 is 0 Å². The lowest BCUT2D eigenvalue weighted by atomic mass is 10.1. The Kier molecular flexibility index (Phi) is 5.49. The van der Waals surface area contributed by atoms with Gasteiger partial charge in [0.05, 0.1) is 6.04 Å². The third-order valence-electron chi connectivity index (χ3n) is 4.57. The molecule has 3 heterocycles. The Balaban J connectivity index is 1.59. The minimum absolute atomic E-state index is 0.113. The quantitative estimate of drug-likeness (QED) is 0.844. The fraction of sp³-hybridized carbons (Fsp3) is 0.471. The normalized spacial score (nSPS) is 18.4. The van der Waals surface area contributed by atoms with Gasteiger partial charge in [0.1, 0.15) is 0 Å². The molecule has 0 radical (unpaired) electrons. The zero-order valence-corrected chi connectivity index (χ0v) is 14.5. The predicted molar refractivity (Wildman–Crippen MR) is 95.2 cm³/mol. The maximum Gasteiger partial charge on any atom is 0.243 e. The van der Waals surface area contributed by atoms with Crippen LogP contribution in [0.25, 0.3) is 0 Å². The fourth-order valence-corrected chi connectivity index (χ4v) is 3.04. The van der Waals surface area contributed by atoms with Gasteiger partial charge in [0.15, 0.2) is 5.82 Å². The first-order chi connectivity index (χ1) is 12.1. The summed E-state index contributed by atoms with van der Waals surface area (Å²) in [6, 6.07) is 5.64. The molecule has 8 heteroatoms. The molecule has 0 saturated carbocycles. The van der Waals surface area contributed by atoms with Crippen molar-refractivity contribution in [3.05, 3.63) is 36.8 Å². The van der Waals surface area contributed by atoms with Crippen LogP contribution in [0.15, 0.2) is 36.8 Å². The standard InChI is InChI=1S/C17H23N7O/c1-13(16(25)21-17-18-8-5-9-19-17)23(2)12-14-6-4-11-24(14)15-7-3-10-20-22-15/h3,5,7-10,13-14H,4,6,11-12H2,1-2H3,(H,18,19,21,25)/t13-,14-/m0/s1. The van der Waals surface area contributed by atoms with Crippen LogP contribution in [0.5, 0.6) is 0 Å². The Morgan fingerprint density at radius 2 is 2.16 bits per heavy atom. The number of hydrogen-bond donors (Lipinski definition) is 1. The highest BCUT2D eigenvalue weighted by Gasteiger charge is 2.29. The summed E-state index contributed by atoms with van der Waals surface area (Å²) in [6.07, 6.45) is 7.09. The van der Waals surface area contributed by atoms with Crippen molar-refractivity contribution in [3.8, 4) is 0 Å². The monoisotopic (exact) mass is 341 g/mol. The molecule has 1 amide bonds. The molecule has 1 aliphatic rings. The number of carbonyl (C=O) groups excluding carboxylic acids is 1. The maximum atomic E-state index is 12.4. The number of nitrogens with one attached hydrogen (secondary N) is 1. The van der Waals surface area contributed by atoms with E-state index in [1.165, 1.54) is 0 Å². The van der Waals surface area contributed by atoms with E-state index in [-0.39, 0.29) is 11.9 Å². The average molecular weight is 341 g/mol. The Hall–Kier alpha value is -2.61. The molecule has 1 saturated heterocycles. The van der Waals surface area contributed by atoms with Crippen LogP contribution in [0.1, 0.15) is 19.8 Å². The van der Waals surface area contributed by atoms with Gasteiger partial charge >= 0.3 is 0 Å². The van der Waals surface area contributed by atoms with Crippen LogP contribution in [0.2, 0.25) is 0 Å². The number of likely N-dealkylation sites (N-methyl/N-ethyl adjacent to an activating group) is 1. The summed E-state index contributed by atoms with van der Waals surface area (Å²) in [5.74, 6) is 1.11. The van der Waals surface area contributed by atoms with Gasteiger partial charge in [0, 0.05) is 37.7 Å². The predicted octanol–water partition coefficient (Wildman–Crippen LogP) is 1.19. The minimum Gasteiger partial charge on any atom is -0.351 e. The van der Waals surface area contributed by atoms with Crippen molar-refractivity contribution in [2.45, 2.75) is 31.8 Å². The van der Waals surface area contributed by atoms with Crippen LogP contribution < -0.4 is 10.2 Å². The Morgan fingerprint density at radius 3 is 2.88 bits per heavy atom. The summed E-state index contributed by atoms with van der Waals surface area (Å²) in [7, 11) is 1.96. The van der Waals surface area contributed by atoms with Crippen LogP contribution in [0, 0.1) is 0 Å². The number of hydrogen-bond acceptors (Lipinski definition) is 7. The lowest BCUT2D eigenvalue weighted by Gasteiger charge is -2.31. The van der Waals surface area contributed by atoms with E-state index in [9.17, 15) is 4.79 Å². The van der Waals surface area contributed by atoms with Crippen molar-refractivity contribution in [2.75, 3.05) is 30.4 Å². The molecule has 2 atom stereocenters. The Bertz CT molecular complexity index is 682. The molecular formula is C17H23N7O. The third kappa shape index (κ3) is 4.27. The van der Waals surface area contributed by atoms with E-state index in [4.69, 9.17) is 0 Å². The molecule has 0 aliphatic carbocycles. The summed E-state index contributed by atoms with van der Waals surface area (Å²) >= 11 is 0. The molecule has 0 aromatic carbocycles. The van der Waals surface area contributed by atoms with Crippen LogP contribution in [0.4, 0.5) is 11.8 Å². The molecule has 2 aromatic heterocycles. The summed E-state index contributed by atoms with van der Waals surface area (Å²) in [5, 5.41) is 10.9. The van der Waals surface area contributed by atoms with Crippen molar-refractivity contribution < 1.29 is 4.79 Å². The topological polar surface area (TPSA) is 87.1 Å². The largest absolute Gasteiger partial charge is 0.351 e. The Morgan fingerprint density at radius 1 is 1.36 bits per heavy atom. The molecule has 1 N–H and O–H groups in total. The fourth-order valence-electron chi connectivity index (χ4n) is 3.04. The summed E-state index contributed by atoms with van der Waals surface area (Å²) in [4.78, 5) is 24.8. The zero-order valence-electron chi connectivity index (χ0n) is 14.5. The number of amides is 1. The van der Waals surface area contributed by atoms with Gasteiger partial charge in [-0.3, -0.25) is 15.0 Å². The summed E-state index contributed by atoms with van der Waals surface area (Å²) in [5.41, 5.74) is 0. The number of rotatable bonds is 6. The van der Waals surface area contributed by atoms with Gasteiger partial charge in [-0.1, -0.05) is 0 Å². The van der Waals surface area contributed by atoms with Gasteiger partial charge in [-0.25, -0.2) is 9.97 Å². The van der Waals surface area contributed by atoms with Crippen molar-refractivity contribution >= 4 is 17.7 Å². The van der Waals surface area contributed by atoms with Gasteiger partial charge in [-0.05, 0) is 45.0 Å². The minimum atomic E-state index is -0.284. The number of aromatic nitrogens is 4. The molecule has 132 valence electrons. The molecule has 3 rings (SSSR count). The second-order valence-electron chi connectivity index (χ2n) is 6.25. The van der Waals surface area contributed by atoms with Gasteiger partial charge in [-0.15, -0.1) is 5.10 Å². The zero-order chi connectivity index (χ0) is 17.6.